The predicted molar refractivity (Wildman–Crippen MR) is 49.8 cm³/mol. The molecule has 0 bridgehead atoms. The Balaban J connectivity index is 3.36. The van der Waals surface area contributed by atoms with Crippen molar-refractivity contribution < 1.29 is 9.50 Å². The minimum Gasteiger partial charge on any atom is -0.392 e. The maximum Gasteiger partial charge on any atom is 0.129 e. The normalized spacial score (nSPS) is 9.50. The van der Waals surface area contributed by atoms with Gasteiger partial charge in [0.2, 0.25) is 0 Å². The van der Waals surface area contributed by atoms with Crippen molar-refractivity contribution in [2.45, 2.75) is 6.61 Å². The van der Waals surface area contributed by atoms with Crippen LogP contribution in [-0.2, 0) is 6.61 Å². The van der Waals surface area contributed by atoms with E-state index in [1.54, 1.807) is 0 Å². The molecule has 1 aromatic rings. The van der Waals surface area contributed by atoms with Crippen LogP contribution in [0.3, 0.4) is 0 Å². The fraction of sp³-hybridized carbons (Fsp3) is 0.125. The van der Waals surface area contributed by atoms with E-state index in [0.29, 0.717) is 9.13 Å². The van der Waals surface area contributed by atoms with Gasteiger partial charge in [-0.15, -0.1) is 0 Å². The first-order valence-corrected chi connectivity index (χ1v) is 4.26. The smallest absolute Gasteiger partial charge is 0.129 e. The van der Waals surface area contributed by atoms with E-state index in [-0.39, 0.29) is 12.2 Å². The van der Waals surface area contributed by atoms with Crippen molar-refractivity contribution in [3.05, 3.63) is 32.6 Å². The number of aliphatic hydroxyl groups excluding tert-OH is 1. The second-order valence-electron chi connectivity index (χ2n) is 2.16. The lowest BCUT2D eigenvalue weighted by molar-refractivity contribution is 0.274. The molecule has 0 aromatic heterocycles. The van der Waals surface area contributed by atoms with Gasteiger partial charge in [0.1, 0.15) is 11.9 Å². The zero-order valence-corrected chi connectivity index (χ0v) is 8.17. The maximum absolute atomic E-state index is 12.9. The second kappa shape index (κ2) is 3.83. The second-order valence-corrected chi connectivity index (χ2v) is 3.24. The number of hydrogen-bond acceptors (Lipinski definition) is 2. The van der Waals surface area contributed by atoms with Crippen molar-refractivity contribution >= 4 is 22.6 Å². The maximum atomic E-state index is 12.9. The van der Waals surface area contributed by atoms with Gasteiger partial charge >= 0.3 is 0 Å². The van der Waals surface area contributed by atoms with Crippen molar-refractivity contribution in [3.63, 3.8) is 0 Å². The summed E-state index contributed by atoms with van der Waals surface area (Å²) in [6, 6.07) is 4.50. The Hall–Kier alpha value is -0.670. The number of aliphatic hydroxyl groups is 1. The zero-order chi connectivity index (χ0) is 9.14. The summed E-state index contributed by atoms with van der Waals surface area (Å²) >= 11 is 1.84. The Kier molecular flexibility index (Phi) is 3.00. The van der Waals surface area contributed by atoms with Gasteiger partial charge in [0.05, 0.1) is 12.2 Å². The first-order valence-electron chi connectivity index (χ1n) is 3.18. The van der Waals surface area contributed by atoms with Gasteiger partial charge < -0.3 is 5.11 Å². The van der Waals surface area contributed by atoms with Crippen molar-refractivity contribution in [1.29, 1.82) is 5.26 Å². The average Bonchev–Trinajstić information content (AvgIpc) is 2.06. The van der Waals surface area contributed by atoms with Gasteiger partial charge in [-0.05, 0) is 34.7 Å². The molecule has 1 N–H and O–H groups in total. The fourth-order valence-electron chi connectivity index (χ4n) is 0.829. The van der Waals surface area contributed by atoms with Gasteiger partial charge in [-0.25, -0.2) is 4.39 Å². The van der Waals surface area contributed by atoms with Gasteiger partial charge in [-0.3, -0.25) is 0 Å². The van der Waals surface area contributed by atoms with Gasteiger partial charge in [0.15, 0.2) is 0 Å². The van der Waals surface area contributed by atoms with Crippen LogP contribution in [-0.4, -0.2) is 5.11 Å². The molecule has 0 saturated heterocycles. The largest absolute Gasteiger partial charge is 0.392 e. The number of halogens is 2. The van der Waals surface area contributed by atoms with E-state index in [2.05, 4.69) is 0 Å². The summed E-state index contributed by atoms with van der Waals surface area (Å²) in [7, 11) is 0. The fourth-order valence-corrected chi connectivity index (χ4v) is 1.56. The summed E-state index contributed by atoms with van der Waals surface area (Å²) in [5, 5.41) is 17.3. The molecule has 1 aromatic carbocycles. The topological polar surface area (TPSA) is 44.0 Å². The molecular formula is C8H5FINO. The van der Waals surface area contributed by atoms with Crippen LogP contribution in [0.15, 0.2) is 12.1 Å². The monoisotopic (exact) mass is 277 g/mol. The molecule has 2 nitrogen and oxygen atoms in total. The molecule has 0 atom stereocenters. The number of nitrogens with zero attached hydrogens (tertiary/aromatic N) is 1. The van der Waals surface area contributed by atoms with Crippen LogP contribution in [0.4, 0.5) is 4.39 Å². The Morgan fingerprint density at radius 2 is 2.25 bits per heavy atom. The molecule has 0 aliphatic carbocycles. The van der Waals surface area contributed by atoms with Crippen LogP contribution < -0.4 is 0 Å². The first-order chi connectivity index (χ1) is 5.70. The Morgan fingerprint density at radius 1 is 1.58 bits per heavy atom. The molecule has 1 rings (SSSR count). The van der Waals surface area contributed by atoms with Gasteiger partial charge in [-0.1, -0.05) is 0 Å². The van der Waals surface area contributed by atoms with E-state index in [1.165, 1.54) is 12.1 Å². The van der Waals surface area contributed by atoms with Gasteiger partial charge in [0, 0.05) is 9.13 Å². The summed E-state index contributed by atoms with van der Waals surface area (Å²) in [4.78, 5) is 0. The molecule has 12 heavy (non-hydrogen) atoms. The molecule has 0 saturated carbocycles. The first kappa shape index (κ1) is 9.42. The van der Waals surface area contributed by atoms with Crippen molar-refractivity contribution in [1.82, 2.24) is 0 Å². The number of rotatable bonds is 1. The van der Waals surface area contributed by atoms with Crippen LogP contribution in [0, 0.1) is 20.7 Å². The van der Waals surface area contributed by atoms with E-state index in [1.807, 2.05) is 28.7 Å². The summed E-state index contributed by atoms with van der Waals surface area (Å²) < 4.78 is 13.4. The Bertz CT molecular complexity index is 346. The third kappa shape index (κ3) is 1.57. The lowest BCUT2D eigenvalue weighted by Crippen LogP contribution is -1.96. The molecule has 4 heteroatoms. The lowest BCUT2D eigenvalue weighted by atomic mass is 10.1. The predicted octanol–water partition coefficient (Wildman–Crippen LogP) is 1.79. The van der Waals surface area contributed by atoms with Crippen molar-refractivity contribution in [2.24, 2.45) is 0 Å². The molecule has 0 radical (unpaired) electrons. The highest BCUT2D eigenvalue weighted by atomic mass is 127. The van der Waals surface area contributed by atoms with E-state index < -0.39 is 5.82 Å². The number of benzene rings is 1. The van der Waals surface area contributed by atoms with E-state index in [0.717, 1.165) is 0 Å². The molecule has 62 valence electrons. The third-order valence-corrected chi connectivity index (χ3v) is 2.70. The molecule has 0 fully saturated rings. The Labute approximate surface area is 82.8 Å². The quantitative estimate of drug-likeness (QED) is 0.795. The van der Waals surface area contributed by atoms with Crippen LogP contribution in [0.25, 0.3) is 0 Å². The molecule has 0 heterocycles. The molecule has 0 aliphatic heterocycles. The summed E-state index contributed by atoms with van der Waals surface area (Å²) in [5.41, 5.74) is 0.579. The number of hydrogen-bond donors (Lipinski definition) is 1. The summed E-state index contributed by atoms with van der Waals surface area (Å²) in [5.74, 6) is -0.471. The third-order valence-electron chi connectivity index (χ3n) is 1.46. The van der Waals surface area contributed by atoms with Crippen molar-refractivity contribution in [2.75, 3.05) is 0 Å². The zero-order valence-electron chi connectivity index (χ0n) is 6.01. The molecule has 0 unspecified atom stereocenters. The number of nitriles is 1. The van der Waals surface area contributed by atoms with Crippen LogP contribution in [0.1, 0.15) is 11.1 Å². The summed E-state index contributed by atoms with van der Waals surface area (Å²) in [6.45, 7) is -0.375. The van der Waals surface area contributed by atoms with Crippen LogP contribution in [0.5, 0.6) is 0 Å². The minimum atomic E-state index is -0.471. The van der Waals surface area contributed by atoms with Crippen LogP contribution in [0.2, 0.25) is 0 Å². The van der Waals surface area contributed by atoms with Gasteiger partial charge in [-0.2, -0.15) is 5.26 Å². The molecule has 0 spiro atoms. The average molecular weight is 277 g/mol. The molecule has 0 aliphatic rings. The molecule has 0 amide bonds. The van der Waals surface area contributed by atoms with E-state index in [4.69, 9.17) is 10.4 Å². The summed E-state index contributed by atoms with van der Waals surface area (Å²) in [6.07, 6.45) is 0. The van der Waals surface area contributed by atoms with E-state index in [9.17, 15) is 4.39 Å². The SMILES string of the molecule is N#Cc1ccc(F)c(CO)c1I. The lowest BCUT2D eigenvalue weighted by Gasteiger charge is -2.02. The Morgan fingerprint density at radius 3 is 2.75 bits per heavy atom. The molecular weight excluding hydrogens is 272 g/mol. The standard InChI is InChI=1S/C8H5FINO/c9-7-2-1-5(3-11)8(10)6(7)4-12/h1-2,12H,4H2. The highest BCUT2D eigenvalue weighted by Crippen LogP contribution is 2.19. The van der Waals surface area contributed by atoms with Gasteiger partial charge in [0.25, 0.3) is 0 Å². The van der Waals surface area contributed by atoms with Crippen molar-refractivity contribution in [3.8, 4) is 6.07 Å². The highest BCUT2D eigenvalue weighted by molar-refractivity contribution is 14.1. The minimum absolute atomic E-state index is 0.189. The van der Waals surface area contributed by atoms with Crippen LogP contribution >= 0.6 is 22.6 Å². The highest BCUT2D eigenvalue weighted by Gasteiger charge is 2.09. The van der Waals surface area contributed by atoms with E-state index >= 15 is 0 Å².